The van der Waals surface area contributed by atoms with Crippen molar-refractivity contribution >= 4 is 0 Å². The summed E-state index contributed by atoms with van der Waals surface area (Å²) in [4.78, 5) is 0. The zero-order chi connectivity index (χ0) is 9.80. The molecule has 2 aromatic rings. The van der Waals surface area contributed by atoms with E-state index in [1.807, 2.05) is 36.4 Å². The van der Waals surface area contributed by atoms with Gasteiger partial charge in [-0.05, 0) is 17.7 Å². The Balaban J connectivity index is 2.36. The van der Waals surface area contributed by atoms with Crippen LogP contribution in [0.5, 0.6) is 0 Å². The molecule has 0 N–H and O–H groups in total. The van der Waals surface area contributed by atoms with Gasteiger partial charge in [-0.3, -0.25) is 0 Å². The monoisotopic (exact) mass is 184 g/mol. The minimum Gasteiger partial charge on any atom is -0.468 e. The third-order valence-corrected chi connectivity index (χ3v) is 2.24. The molecule has 0 amide bonds. The SMILES string of the molecule is C=C[C@@H](c1ccccc1)c1ccco1. The summed E-state index contributed by atoms with van der Waals surface area (Å²) in [5.74, 6) is 1.09. The van der Waals surface area contributed by atoms with Gasteiger partial charge >= 0.3 is 0 Å². The lowest BCUT2D eigenvalue weighted by Gasteiger charge is -2.09. The Morgan fingerprint density at radius 1 is 1.07 bits per heavy atom. The fraction of sp³-hybridized carbons (Fsp3) is 0.0769. The van der Waals surface area contributed by atoms with Crippen molar-refractivity contribution in [3.63, 3.8) is 0 Å². The van der Waals surface area contributed by atoms with Crippen molar-refractivity contribution in [1.82, 2.24) is 0 Å². The normalized spacial score (nSPS) is 12.3. The van der Waals surface area contributed by atoms with Crippen LogP contribution in [0.3, 0.4) is 0 Å². The van der Waals surface area contributed by atoms with Gasteiger partial charge in [0.15, 0.2) is 0 Å². The molecule has 0 radical (unpaired) electrons. The van der Waals surface area contributed by atoms with Crippen molar-refractivity contribution in [3.8, 4) is 0 Å². The van der Waals surface area contributed by atoms with E-state index in [0.29, 0.717) is 0 Å². The smallest absolute Gasteiger partial charge is 0.114 e. The van der Waals surface area contributed by atoms with Crippen molar-refractivity contribution in [1.29, 1.82) is 0 Å². The largest absolute Gasteiger partial charge is 0.468 e. The quantitative estimate of drug-likeness (QED) is 0.664. The van der Waals surface area contributed by atoms with Crippen LogP contribution in [0.1, 0.15) is 17.2 Å². The summed E-state index contributed by atoms with van der Waals surface area (Å²) in [5.41, 5.74) is 1.21. The van der Waals surface area contributed by atoms with Crippen LogP contribution in [-0.4, -0.2) is 0 Å². The van der Waals surface area contributed by atoms with Crippen molar-refractivity contribution in [3.05, 3.63) is 72.7 Å². The van der Waals surface area contributed by atoms with Crippen LogP contribution in [-0.2, 0) is 0 Å². The standard InChI is InChI=1S/C13H12O/c1-2-12(13-9-6-10-14-13)11-7-4-3-5-8-11/h2-10,12H,1H2/t12-/m0/s1. The van der Waals surface area contributed by atoms with Crippen LogP contribution in [0.4, 0.5) is 0 Å². The van der Waals surface area contributed by atoms with Gasteiger partial charge in [0.2, 0.25) is 0 Å². The fourth-order valence-electron chi connectivity index (χ4n) is 1.55. The third-order valence-electron chi connectivity index (χ3n) is 2.24. The number of benzene rings is 1. The highest BCUT2D eigenvalue weighted by Gasteiger charge is 2.11. The number of rotatable bonds is 3. The zero-order valence-corrected chi connectivity index (χ0v) is 7.89. The van der Waals surface area contributed by atoms with E-state index in [0.717, 1.165) is 5.76 Å². The Labute approximate surface area is 83.7 Å². The first-order valence-electron chi connectivity index (χ1n) is 4.62. The molecule has 0 aliphatic rings. The van der Waals surface area contributed by atoms with Gasteiger partial charge in [-0.15, -0.1) is 6.58 Å². The van der Waals surface area contributed by atoms with Gasteiger partial charge in [0, 0.05) is 0 Å². The number of allylic oxidation sites excluding steroid dienone is 1. The molecule has 1 atom stereocenters. The highest BCUT2D eigenvalue weighted by atomic mass is 16.3. The summed E-state index contributed by atoms with van der Waals surface area (Å²) in [6, 6.07) is 14.1. The minimum absolute atomic E-state index is 0.159. The fourth-order valence-corrected chi connectivity index (χ4v) is 1.55. The first-order chi connectivity index (χ1) is 6.92. The van der Waals surface area contributed by atoms with E-state index in [1.165, 1.54) is 5.56 Å². The van der Waals surface area contributed by atoms with Crippen LogP contribution < -0.4 is 0 Å². The van der Waals surface area contributed by atoms with Crippen LogP contribution in [0.2, 0.25) is 0 Å². The molecule has 0 aliphatic carbocycles. The predicted octanol–water partition coefficient (Wildman–Crippen LogP) is 3.60. The topological polar surface area (TPSA) is 13.1 Å². The number of hydrogen-bond donors (Lipinski definition) is 0. The van der Waals surface area contributed by atoms with Gasteiger partial charge in [0.05, 0.1) is 12.2 Å². The molecule has 1 aromatic heterocycles. The predicted molar refractivity (Wildman–Crippen MR) is 57.2 cm³/mol. The Morgan fingerprint density at radius 3 is 2.43 bits per heavy atom. The highest BCUT2D eigenvalue weighted by Crippen LogP contribution is 2.25. The maximum atomic E-state index is 5.37. The lowest BCUT2D eigenvalue weighted by Crippen LogP contribution is -1.94. The van der Waals surface area contributed by atoms with Crippen molar-refractivity contribution < 1.29 is 4.42 Å². The molecule has 1 heterocycles. The molecular weight excluding hydrogens is 172 g/mol. The Bertz CT molecular complexity index is 386. The van der Waals surface area contributed by atoms with E-state index in [4.69, 9.17) is 4.42 Å². The lowest BCUT2D eigenvalue weighted by molar-refractivity contribution is 0.507. The van der Waals surface area contributed by atoms with E-state index in [-0.39, 0.29) is 5.92 Å². The van der Waals surface area contributed by atoms with E-state index in [9.17, 15) is 0 Å². The first-order valence-corrected chi connectivity index (χ1v) is 4.62. The summed E-state index contributed by atoms with van der Waals surface area (Å²) < 4.78 is 5.37. The molecule has 0 saturated carbocycles. The molecule has 1 aromatic carbocycles. The van der Waals surface area contributed by atoms with Gasteiger partial charge in [-0.1, -0.05) is 36.4 Å². The molecular formula is C13H12O. The van der Waals surface area contributed by atoms with Crippen molar-refractivity contribution in [2.75, 3.05) is 0 Å². The molecule has 0 fully saturated rings. The van der Waals surface area contributed by atoms with Crippen molar-refractivity contribution in [2.45, 2.75) is 5.92 Å². The molecule has 1 nitrogen and oxygen atoms in total. The van der Waals surface area contributed by atoms with Gasteiger partial charge in [0.1, 0.15) is 5.76 Å². The maximum Gasteiger partial charge on any atom is 0.114 e. The molecule has 14 heavy (non-hydrogen) atoms. The summed E-state index contributed by atoms with van der Waals surface area (Å²) >= 11 is 0. The van der Waals surface area contributed by atoms with Gasteiger partial charge in [0.25, 0.3) is 0 Å². The summed E-state index contributed by atoms with van der Waals surface area (Å²) in [7, 11) is 0. The Kier molecular flexibility index (Phi) is 2.50. The first kappa shape index (κ1) is 8.82. The van der Waals surface area contributed by atoms with Gasteiger partial charge in [-0.25, -0.2) is 0 Å². The zero-order valence-electron chi connectivity index (χ0n) is 7.89. The van der Waals surface area contributed by atoms with Crippen LogP contribution >= 0.6 is 0 Å². The number of furan rings is 1. The second-order valence-electron chi connectivity index (χ2n) is 3.14. The minimum atomic E-state index is 0.159. The maximum absolute atomic E-state index is 5.37. The van der Waals surface area contributed by atoms with E-state index >= 15 is 0 Å². The average Bonchev–Trinajstić information content (AvgIpc) is 2.74. The molecule has 0 unspecified atom stereocenters. The number of hydrogen-bond acceptors (Lipinski definition) is 1. The van der Waals surface area contributed by atoms with Gasteiger partial charge in [-0.2, -0.15) is 0 Å². The molecule has 0 saturated heterocycles. The molecule has 0 bridgehead atoms. The Morgan fingerprint density at radius 2 is 1.86 bits per heavy atom. The lowest BCUT2D eigenvalue weighted by atomic mass is 9.97. The molecule has 70 valence electrons. The van der Waals surface area contributed by atoms with Crippen LogP contribution in [0.15, 0.2) is 65.8 Å². The summed E-state index contributed by atoms with van der Waals surface area (Å²) in [6.45, 7) is 3.83. The average molecular weight is 184 g/mol. The van der Waals surface area contributed by atoms with Crippen LogP contribution in [0.25, 0.3) is 0 Å². The summed E-state index contributed by atoms with van der Waals surface area (Å²) in [5, 5.41) is 0. The molecule has 0 aliphatic heterocycles. The van der Waals surface area contributed by atoms with Crippen LogP contribution in [0, 0.1) is 0 Å². The van der Waals surface area contributed by atoms with E-state index in [2.05, 4.69) is 18.7 Å². The van der Waals surface area contributed by atoms with Crippen molar-refractivity contribution in [2.24, 2.45) is 0 Å². The second-order valence-corrected chi connectivity index (χ2v) is 3.14. The second kappa shape index (κ2) is 3.97. The molecule has 1 heteroatoms. The Hall–Kier alpha value is -1.76. The van der Waals surface area contributed by atoms with Gasteiger partial charge < -0.3 is 4.42 Å². The molecule has 2 rings (SSSR count). The highest BCUT2D eigenvalue weighted by molar-refractivity contribution is 5.31. The third kappa shape index (κ3) is 1.62. The van der Waals surface area contributed by atoms with E-state index < -0.39 is 0 Å². The van der Waals surface area contributed by atoms with E-state index in [1.54, 1.807) is 6.26 Å². The molecule has 0 spiro atoms. The summed E-state index contributed by atoms with van der Waals surface area (Å²) in [6.07, 6.45) is 3.59.